The molecule has 0 unspecified atom stereocenters. The van der Waals surface area contributed by atoms with Gasteiger partial charge in [-0.25, -0.2) is 0 Å². The lowest BCUT2D eigenvalue weighted by Crippen LogP contribution is -3.00. The summed E-state index contributed by atoms with van der Waals surface area (Å²) in [7, 11) is 6.26. The van der Waals surface area contributed by atoms with E-state index in [0.29, 0.717) is 0 Å². The highest BCUT2D eigenvalue weighted by Gasteiger charge is 2.19. The van der Waals surface area contributed by atoms with Crippen molar-refractivity contribution < 1.29 is 28.5 Å². The van der Waals surface area contributed by atoms with Gasteiger partial charge >= 0.3 is 0 Å². The summed E-state index contributed by atoms with van der Waals surface area (Å²) in [6, 6.07) is 27.8. The van der Waals surface area contributed by atoms with E-state index in [4.69, 9.17) is 0 Å². The van der Waals surface area contributed by atoms with Gasteiger partial charge in [0, 0.05) is 25.9 Å². The molecule has 4 aromatic rings. The van der Waals surface area contributed by atoms with Crippen molar-refractivity contribution in [2.24, 2.45) is 7.05 Å². The van der Waals surface area contributed by atoms with Crippen LogP contribution >= 0.6 is 11.3 Å². The van der Waals surface area contributed by atoms with Crippen LogP contribution in [0.3, 0.4) is 0 Å². The molecule has 0 N–H and O–H groups in total. The zero-order valence-electron chi connectivity index (χ0n) is 17.4. The number of halogens is 1. The Balaban J connectivity index is 0.00000256. The minimum Gasteiger partial charge on any atom is -1.00 e. The molecule has 0 spiro atoms. The predicted octanol–water partition coefficient (Wildman–Crippen LogP) is 3.15. The van der Waals surface area contributed by atoms with E-state index in [0.717, 1.165) is 0 Å². The first-order valence-corrected chi connectivity index (χ1v) is 10.6. The summed E-state index contributed by atoms with van der Waals surface area (Å²) in [5.74, 6) is 0. The molecule has 0 radical (unpaired) electrons. The van der Waals surface area contributed by atoms with Gasteiger partial charge in [-0.15, -0.1) is 0 Å². The van der Waals surface area contributed by atoms with Crippen molar-refractivity contribution in [2.75, 3.05) is 19.0 Å². The van der Waals surface area contributed by atoms with Gasteiger partial charge < -0.3 is 28.9 Å². The number of nitrogens with zero attached hydrogens (tertiary/aromatic N) is 2. The maximum absolute atomic E-state index is 2.27. The number of thiazole rings is 1. The van der Waals surface area contributed by atoms with Crippen LogP contribution in [0.5, 0.6) is 0 Å². The molecule has 0 amide bonds. The second kappa shape index (κ2) is 10.0. The molecule has 0 fully saturated rings. The lowest BCUT2D eigenvalue weighted by Gasteiger charge is -2.11. The highest BCUT2D eigenvalue weighted by atomic mass is 127. The number of rotatable bonds is 5. The Hall–Kier alpha value is -2.44. The minimum absolute atomic E-state index is 0. The van der Waals surface area contributed by atoms with Crippen LogP contribution in [0.4, 0.5) is 5.69 Å². The molecule has 4 heteroatoms. The summed E-state index contributed by atoms with van der Waals surface area (Å²) in [6.45, 7) is 0. The molecule has 0 atom stereocenters. The lowest BCUT2D eigenvalue weighted by molar-refractivity contribution is -0.657. The summed E-state index contributed by atoms with van der Waals surface area (Å²) in [5.41, 5.74) is 7.41. The van der Waals surface area contributed by atoms with Crippen LogP contribution in [-0.4, -0.2) is 14.1 Å². The fourth-order valence-electron chi connectivity index (χ4n) is 3.42. The highest BCUT2D eigenvalue weighted by Crippen LogP contribution is 2.31. The van der Waals surface area contributed by atoms with Gasteiger partial charge in [-0.2, -0.15) is 4.57 Å². The van der Waals surface area contributed by atoms with Gasteiger partial charge in [-0.3, -0.25) is 0 Å². The van der Waals surface area contributed by atoms with Crippen molar-refractivity contribution in [2.45, 2.75) is 0 Å². The van der Waals surface area contributed by atoms with Crippen LogP contribution in [0.2, 0.25) is 0 Å². The average molecular weight is 524 g/mol. The fraction of sp³-hybridized carbons (Fsp3) is 0.115. The van der Waals surface area contributed by atoms with Crippen LogP contribution < -0.4 is 33.4 Å². The molecule has 152 valence electrons. The van der Waals surface area contributed by atoms with Crippen molar-refractivity contribution >= 4 is 29.2 Å². The molecule has 4 rings (SSSR count). The lowest BCUT2D eigenvalue weighted by atomic mass is 9.98. The maximum atomic E-state index is 2.27. The zero-order chi connectivity index (χ0) is 20.2. The van der Waals surface area contributed by atoms with Gasteiger partial charge in [0.1, 0.15) is 7.05 Å². The van der Waals surface area contributed by atoms with Crippen molar-refractivity contribution in [3.8, 4) is 22.4 Å². The van der Waals surface area contributed by atoms with Crippen LogP contribution in [0.25, 0.3) is 34.5 Å². The van der Waals surface area contributed by atoms with E-state index in [2.05, 4.69) is 127 Å². The van der Waals surface area contributed by atoms with Crippen LogP contribution in [0.15, 0.2) is 84.2 Å². The molecule has 0 aliphatic rings. The Morgan fingerprint density at radius 1 is 0.767 bits per heavy atom. The highest BCUT2D eigenvalue weighted by molar-refractivity contribution is 7.10. The van der Waals surface area contributed by atoms with Gasteiger partial charge in [-0.1, -0.05) is 72.0 Å². The summed E-state index contributed by atoms with van der Waals surface area (Å²) in [4.78, 5) is 2.11. The van der Waals surface area contributed by atoms with E-state index in [-0.39, 0.29) is 24.0 Å². The first kappa shape index (κ1) is 22.2. The summed E-state index contributed by atoms with van der Waals surface area (Å²) >= 11 is 1.77. The molecule has 3 aromatic carbocycles. The van der Waals surface area contributed by atoms with Gasteiger partial charge in [0.05, 0.1) is 10.9 Å². The fourth-order valence-corrected chi connectivity index (χ4v) is 4.34. The van der Waals surface area contributed by atoms with Gasteiger partial charge in [0.2, 0.25) is 5.69 Å². The number of aromatic nitrogens is 1. The molecule has 0 aliphatic heterocycles. The van der Waals surface area contributed by atoms with E-state index >= 15 is 0 Å². The number of benzene rings is 3. The van der Waals surface area contributed by atoms with Crippen molar-refractivity contribution in [3.05, 3.63) is 94.8 Å². The molecule has 1 heterocycles. The van der Waals surface area contributed by atoms with Crippen LogP contribution in [0.1, 0.15) is 10.6 Å². The molecular formula is C26H25IN2S. The smallest absolute Gasteiger partial charge is 0.261 e. The number of anilines is 1. The van der Waals surface area contributed by atoms with Crippen LogP contribution in [0, 0.1) is 0 Å². The summed E-state index contributed by atoms with van der Waals surface area (Å²) in [6.07, 6.45) is 4.38. The van der Waals surface area contributed by atoms with Gasteiger partial charge in [0.15, 0.2) is 0 Å². The Kier molecular flexibility index (Phi) is 7.45. The molecule has 0 bridgehead atoms. The van der Waals surface area contributed by atoms with Gasteiger partial charge in [-0.05, 0) is 41.0 Å². The zero-order valence-corrected chi connectivity index (χ0v) is 20.4. The summed E-state index contributed by atoms with van der Waals surface area (Å²) in [5, 5.41) is 3.47. The third kappa shape index (κ3) is 4.82. The van der Waals surface area contributed by atoms with Gasteiger partial charge in [0.25, 0.3) is 5.01 Å². The molecular weight excluding hydrogens is 499 g/mol. The first-order valence-electron chi connectivity index (χ1n) is 9.71. The molecule has 30 heavy (non-hydrogen) atoms. The molecule has 0 saturated heterocycles. The first-order chi connectivity index (χ1) is 14.1. The largest absolute Gasteiger partial charge is 1.00 e. The predicted molar refractivity (Wildman–Crippen MR) is 126 cm³/mol. The number of hydrogen-bond donors (Lipinski definition) is 0. The second-order valence-corrected chi connectivity index (χ2v) is 8.14. The molecule has 1 aromatic heterocycles. The Bertz CT molecular complexity index is 1130. The Morgan fingerprint density at radius 2 is 1.40 bits per heavy atom. The van der Waals surface area contributed by atoms with E-state index in [9.17, 15) is 0 Å². The Labute approximate surface area is 200 Å². The third-order valence-corrected chi connectivity index (χ3v) is 6.09. The maximum Gasteiger partial charge on any atom is 0.261 e. The SMILES string of the molecule is CN(C)c1ccc(C=Cc2scc(-c3ccccc3-c3ccccc3)[n+]2C)cc1.[I-]. The standard InChI is InChI=1S/C26H25N2S.HI/c1-27(2)22-16-13-20(14-17-22)15-18-26-28(3)25(19-29-26)24-12-8-7-11-23(24)21-9-5-4-6-10-21;/h4-19H,1-3H3;1H/q+1;/p-1. The molecule has 0 saturated carbocycles. The van der Waals surface area contributed by atoms with E-state index in [1.807, 2.05) is 0 Å². The molecule has 2 nitrogen and oxygen atoms in total. The number of hydrogen-bond acceptors (Lipinski definition) is 2. The monoisotopic (exact) mass is 524 g/mol. The van der Waals surface area contributed by atoms with E-state index in [1.54, 1.807) is 11.3 Å². The van der Waals surface area contributed by atoms with Crippen molar-refractivity contribution in [3.63, 3.8) is 0 Å². The quantitative estimate of drug-likeness (QED) is 0.288. The molecule has 0 aliphatic carbocycles. The average Bonchev–Trinajstić information content (AvgIpc) is 3.13. The van der Waals surface area contributed by atoms with Crippen molar-refractivity contribution in [1.29, 1.82) is 0 Å². The van der Waals surface area contributed by atoms with E-state index < -0.39 is 0 Å². The third-order valence-electron chi connectivity index (χ3n) is 5.10. The minimum atomic E-state index is 0. The Morgan fingerprint density at radius 3 is 2.07 bits per heavy atom. The van der Waals surface area contributed by atoms with Crippen molar-refractivity contribution in [1.82, 2.24) is 0 Å². The van der Waals surface area contributed by atoms with Crippen LogP contribution in [-0.2, 0) is 7.05 Å². The second-order valence-electron chi connectivity index (χ2n) is 7.25. The van der Waals surface area contributed by atoms with E-state index in [1.165, 1.54) is 38.6 Å². The topological polar surface area (TPSA) is 7.12 Å². The normalized spacial score (nSPS) is 10.8. The summed E-state index contributed by atoms with van der Waals surface area (Å²) < 4.78 is 2.27.